The van der Waals surface area contributed by atoms with Crippen LogP contribution in [-0.2, 0) is 17.9 Å². The maximum atomic E-state index is 12.0. The van der Waals surface area contributed by atoms with Crippen LogP contribution in [0.5, 0.6) is 0 Å². The van der Waals surface area contributed by atoms with Crippen LogP contribution in [-0.4, -0.2) is 15.7 Å². The summed E-state index contributed by atoms with van der Waals surface area (Å²) in [6.45, 7) is 0.713. The molecule has 1 amide bonds. The van der Waals surface area contributed by atoms with Crippen molar-refractivity contribution in [3.05, 3.63) is 87.1 Å². The number of carbonyl (C=O) groups is 1. The molecule has 0 aliphatic rings. The zero-order valence-electron chi connectivity index (χ0n) is 14.1. The van der Waals surface area contributed by atoms with E-state index >= 15 is 0 Å². The molecule has 132 valence electrons. The molecule has 0 spiro atoms. The number of hydrogen-bond acceptors (Lipinski definition) is 3. The maximum Gasteiger partial charge on any atom is 0.266 e. The second-order valence-corrected chi connectivity index (χ2v) is 6.71. The molecule has 0 saturated carbocycles. The van der Waals surface area contributed by atoms with Gasteiger partial charge in [-0.25, -0.2) is 4.68 Å². The van der Waals surface area contributed by atoms with Gasteiger partial charge >= 0.3 is 0 Å². The maximum absolute atomic E-state index is 12.0. The average Bonchev–Trinajstić information content (AvgIpc) is 2.67. The number of aromatic nitrogens is 2. The lowest BCUT2D eigenvalue weighted by Gasteiger charge is -2.08. The van der Waals surface area contributed by atoms with Gasteiger partial charge in [0.2, 0.25) is 5.91 Å². The summed E-state index contributed by atoms with van der Waals surface area (Å²) in [5.41, 5.74) is 2.42. The van der Waals surface area contributed by atoms with Gasteiger partial charge in [0.25, 0.3) is 5.56 Å². The Balaban J connectivity index is 1.62. The highest BCUT2D eigenvalue weighted by atomic mass is 79.9. The molecule has 1 heterocycles. The molecule has 0 unspecified atom stereocenters. The Morgan fingerprint density at radius 3 is 2.46 bits per heavy atom. The third-order valence-corrected chi connectivity index (χ3v) is 4.42. The summed E-state index contributed by atoms with van der Waals surface area (Å²) < 4.78 is 2.31. The minimum Gasteiger partial charge on any atom is -0.352 e. The van der Waals surface area contributed by atoms with Gasteiger partial charge in [-0.05, 0) is 23.8 Å². The van der Waals surface area contributed by atoms with Gasteiger partial charge in [-0.2, -0.15) is 5.10 Å². The van der Waals surface area contributed by atoms with Crippen molar-refractivity contribution in [3.8, 4) is 11.3 Å². The summed E-state index contributed by atoms with van der Waals surface area (Å²) >= 11 is 3.40. The highest BCUT2D eigenvalue weighted by Gasteiger charge is 2.07. The van der Waals surface area contributed by atoms with Gasteiger partial charge in [0.1, 0.15) is 0 Å². The van der Waals surface area contributed by atoms with E-state index in [0.29, 0.717) is 12.2 Å². The van der Waals surface area contributed by atoms with E-state index < -0.39 is 0 Å². The fourth-order valence-corrected chi connectivity index (χ4v) is 2.74. The Labute approximate surface area is 159 Å². The van der Waals surface area contributed by atoms with E-state index in [4.69, 9.17) is 0 Å². The molecule has 1 N–H and O–H groups in total. The zero-order chi connectivity index (χ0) is 18.4. The Kier molecular flexibility index (Phi) is 5.96. The van der Waals surface area contributed by atoms with E-state index in [9.17, 15) is 9.59 Å². The van der Waals surface area contributed by atoms with E-state index in [1.807, 2.05) is 54.6 Å². The summed E-state index contributed by atoms with van der Waals surface area (Å²) in [6.07, 6.45) is 0.198. The van der Waals surface area contributed by atoms with E-state index in [1.165, 1.54) is 10.7 Å². The molecular formula is C20H18BrN3O2. The second-order valence-electron chi connectivity index (χ2n) is 5.80. The first-order chi connectivity index (χ1) is 12.6. The van der Waals surface area contributed by atoms with Gasteiger partial charge in [0.15, 0.2) is 0 Å². The van der Waals surface area contributed by atoms with Gasteiger partial charge in [0.05, 0.1) is 12.2 Å². The third-order valence-electron chi connectivity index (χ3n) is 3.89. The van der Waals surface area contributed by atoms with Crippen molar-refractivity contribution in [2.45, 2.75) is 19.5 Å². The lowest BCUT2D eigenvalue weighted by Crippen LogP contribution is -2.28. The van der Waals surface area contributed by atoms with Crippen LogP contribution in [0.1, 0.15) is 12.0 Å². The monoisotopic (exact) mass is 411 g/mol. The zero-order valence-corrected chi connectivity index (χ0v) is 15.6. The third kappa shape index (κ3) is 4.89. The van der Waals surface area contributed by atoms with Crippen LogP contribution < -0.4 is 10.9 Å². The summed E-state index contributed by atoms with van der Waals surface area (Å²) in [4.78, 5) is 24.0. The van der Waals surface area contributed by atoms with Crippen molar-refractivity contribution in [1.82, 2.24) is 15.1 Å². The van der Waals surface area contributed by atoms with Crippen LogP contribution >= 0.6 is 15.9 Å². The molecule has 0 saturated heterocycles. The van der Waals surface area contributed by atoms with Crippen LogP contribution in [0, 0.1) is 0 Å². The molecule has 0 aliphatic heterocycles. The first kappa shape index (κ1) is 18.1. The largest absolute Gasteiger partial charge is 0.352 e. The molecule has 2 aromatic carbocycles. The number of nitrogens with one attached hydrogen (secondary N) is 1. The van der Waals surface area contributed by atoms with Crippen LogP contribution in [0.4, 0.5) is 0 Å². The Morgan fingerprint density at radius 2 is 1.73 bits per heavy atom. The van der Waals surface area contributed by atoms with Gasteiger partial charge in [-0.3, -0.25) is 9.59 Å². The molecule has 6 heteroatoms. The number of benzene rings is 2. The molecule has 3 rings (SSSR count). The number of nitrogens with zero attached hydrogens (tertiary/aromatic N) is 2. The lowest BCUT2D eigenvalue weighted by molar-refractivity contribution is -0.121. The van der Waals surface area contributed by atoms with Crippen LogP contribution in [0.3, 0.4) is 0 Å². The molecule has 26 heavy (non-hydrogen) atoms. The van der Waals surface area contributed by atoms with Crippen molar-refractivity contribution in [2.75, 3.05) is 0 Å². The Bertz CT molecular complexity index is 937. The lowest BCUT2D eigenvalue weighted by atomic mass is 10.1. The number of aryl methyl sites for hydroxylation is 1. The highest BCUT2D eigenvalue weighted by molar-refractivity contribution is 9.10. The fraction of sp³-hybridized carbons (Fsp3) is 0.150. The van der Waals surface area contributed by atoms with E-state index in [-0.39, 0.29) is 24.4 Å². The number of amides is 1. The molecule has 3 aromatic rings. The van der Waals surface area contributed by atoms with E-state index in [2.05, 4.69) is 26.3 Å². The van der Waals surface area contributed by atoms with E-state index in [0.717, 1.165) is 15.6 Å². The highest BCUT2D eigenvalue weighted by Crippen LogP contribution is 2.18. The van der Waals surface area contributed by atoms with Crippen molar-refractivity contribution in [1.29, 1.82) is 0 Å². The minimum atomic E-state index is -0.221. The van der Waals surface area contributed by atoms with Gasteiger partial charge in [-0.15, -0.1) is 0 Å². The van der Waals surface area contributed by atoms with Crippen molar-refractivity contribution >= 4 is 21.8 Å². The molecule has 5 nitrogen and oxygen atoms in total. The Hall–Kier alpha value is -2.73. The molecule has 0 atom stereocenters. The normalized spacial score (nSPS) is 10.5. The van der Waals surface area contributed by atoms with Gasteiger partial charge < -0.3 is 5.32 Å². The number of halogens is 1. The molecular weight excluding hydrogens is 394 g/mol. The SMILES string of the molecule is O=C(CCn1nc(-c2ccc(Br)cc2)ccc1=O)NCc1ccccc1. The van der Waals surface area contributed by atoms with Crippen molar-refractivity contribution in [2.24, 2.45) is 0 Å². The first-order valence-corrected chi connectivity index (χ1v) is 9.06. The molecule has 0 aliphatic carbocycles. The molecule has 0 fully saturated rings. The fourth-order valence-electron chi connectivity index (χ4n) is 2.48. The topological polar surface area (TPSA) is 64.0 Å². The summed E-state index contributed by atoms with van der Waals surface area (Å²) in [5, 5.41) is 7.23. The van der Waals surface area contributed by atoms with Crippen molar-refractivity contribution < 1.29 is 4.79 Å². The summed E-state index contributed by atoms with van der Waals surface area (Å²) in [6, 6.07) is 20.6. The minimum absolute atomic E-state index is 0.114. The standard InChI is InChI=1S/C20H18BrN3O2/c21-17-8-6-16(7-9-17)18-10-11-20(26)24(23-18)13-12-19(25)22-14-15-4-2-1-3-5-15/h1-11H,12-14H2,(H,22,25). The number of carbonyl (C=O) groups excluding carboxylic acids is 1. The van der Waals surface area contributed by atoms with Crippen LogP contribution in [0.15, 0.2) is 76.0 Å². The summed E-state index contributed by atoms with van der Waals surface area (Å²) in [7, 11) is 0. The average molecular weight is 412 g/mol. The smallest absolute Gasteiger partial charge is 0.266 e. The summed E-state index contributed by atoms with van der Waals surface area (Å²) in [5.74, 6) is -0.114. The quantitative estimate of drug-likeness (QED) is 0.675. The number of rotatable bonds is 6. The van der Waals surface area contributed by atoms with Gasteiger partial charge in [-0.1, -0.05) is 58.4 Å². The van der Waals surface area contributed by atoms with E-state index in [1.54, 1.807) is 6.07 Å². The predicted molar refractivity (Wildman–Crippen MR) is 105 cm³/mol. The Morgan fingerprint density at radius 1 is 1.00 bits per heavy atom. The van der Waals surface area contributed by atoms with Gasteiger partial charge in [0, 0.05) is 29.1 Å². The molecule has 0 bridgehead atoms. The second kappa shape index (κ2) is 8.58. The number of hydrogen-bond donors (Lipinski definition) is 1. The van der Waals surface area contributed by atoms with Crippen LogP contribution in [0.25, 0.3) is 11.3 Å². The van der Waals surface area contributed by atoms with Crippen molar-refractivity contribution in [3.63, 3.8) is 0 Å². The predicted octanol–water partition coefficient (Wildman–Crippen LogP) is 3.38. The van der Waals surface area contributed by atoms with Crippen LogP contribution in [0.2, 0.25) is 0 Å². The first-order valence-electron chi connectivity index (χ1n) is 8.26. The molecule has 0 radical (unpaired) electrons. The molecule has 1 aromatic heterocycles.